The lowest BCUT2D eigenvalue weighted by Gasteiger charge is -2.13. The van der Waals surface area contributed by atoms with Crippen molar-refractivity contribution >= 4 is 17.2 Å². The topological polar surface area (TPSA) is 84.9 Å². The Morgan fingerprint density at radius 2 is 2.18 bits per heavy atom. The van der Waals surface area contributed by atoms with Crippen molar-refractivity contribution < 1.29 is 19.7 Å². The van der Waals surface area contributed by atoms with Crippen LogP contribution in [0.4, 0.5) is 0 Å². The molecule has 0 aliphatic carbocycles. The van der Waals surface area contributed by atoms with Crippen molar-refractivity contribution in [2.75, 3.05) is 20.3 Å². The number of aliphatic hydroxyl groups is 2. The van der Waals surface area contributed by atoms with Gasteiger partial charge in [0.05, 0.1) is 13.7 Å². The second-order valence-corrected chi connectivity index (χ2v) is 3.82. The molecule has 0 bridgehead atoms. The van der Waals surface area contributed by atoms with Crippen molar-refractivity contribution in [2.45, 2.75) is 6.10 Å². The van der Waals surface area contributed by atoms with Crippen LogP contribution in [-0.4, -0.2) is 41.6 Å². The Hall–Kier alpha value is -1.37. The molecular weight excluding hydrogens is 242 g/mol. The number of hydrogen-bond acceptors (Lipinski definition) is 5. The Bertz CT molecular complexity index is 397. The van der Waals surface area contributed by atoms with E-state index in [1.54, 1.807) is 18.2 Å². The minimum Gasteiger partial charge on any atom is -0.493 e. The second-order valence-electron chi connectivity index (χ2n) is 3.38. The molecule has 0 aliphatic rings. The first-order valence-corrected chi connectivity index (χ1v) is 5.39. The van der Waals surface area contributed by atoms with Crippen LogP contribution in [0.2, 0.25) is 0 Å². The van der Waals surface area contributed by atoms with Gasteiger partial charge in [0, 0.05) is 5.56 Å². The molecule has 1 unspecified atom stereocenters. The van der Waals surface area contributed by atoms with Crippen LogP contribution >= 0.6 is 12.2 Å². The van der Waals surface area contributed by atoms with E-state index in [4.69, 9.17) is 37.6 Å². The van der Waals surface area contributed by atoms with Gasteiger partial charge in [-0.2, -0.15) is 0 Å². The van der Waals surface area contributed by atoms with Gasteiger partial charge in [-0.3, -0.25) is 0 Å². The molecule has 0 radical (unpaired) electrons. The molecule has 17 heavy (non-hydrogen) atoms. The molecule has 4 N–H and O–H groups in total. The number of methoxy groups -OCH3 is 1. The lowest BCUT2D eigenvalue weighted by atomic mass is 10.2. The minimum atomic E-state index is -0.921. The van der Waals surface area contributed by atoms with Crippen LogP contribution in [0.3, 0.4) is 0 Å². The second kappa shape index (κ2) is 6.39. The van der Waals surface area contributed by atoms with Gasteiger partial charge in [-0.15, -0.1) is 0 Å². The predicted octanol–water partition coefficient (Wildman–Crippen LogP) is 0.0614. The van der Waals surface area contributed by atoms with Gasteiger partial charge in [-0.05, 0) is 18.2 Å². The average molecular weight is 257 g/mol. The standard InChI is InChI=1S/C11H15NO4S/c1-15-10-4-7(11(12)17)2-3-9(10)16-6-8(14)5-13/h2-4,8,13-14H,5-6H2,1H3,(H2,12,17). The lowest BCUT2D eigenvalue weighted by molar-refractivity contribution is 0.0527. The zero-order chi connectivity index (χ0) is 12.8. The Balaban J connectivity index is 2.82. The summed E-state index contributed by atoms with van der Waals surface area (Å²) in [5, 5.41) is 17.8. The smallest absolute Gasteiger partial charge is 0.161 e. The number of rotatable bonds is 6. The fourth-order valence-electron chi connectivity index (χ4n) is 1.18. The summed E-state index contributed by atoms with van der Waals surface area (Å²) in [6, 6.07) is 5.01. The summed E-state index contributed by atoms with van der Waals surface area (Å²) in [6.07, 6.45) is -0.921. The van der Waals surface area contributed by atoms with Gasteiger partial charge in [0.2, 0.25) is 0 Å². The van der Waals surface area contributed by atoms with Crippen LogP contribution in [0.5, 0.6) is 11.5 Å². The van der Waals surface area contributed by atoms with Crippen molar-refractivity contribution in [1.82, 2.24) is 0 Å². The van der Waals surface area contributed by atoms with E-state index in [0.717, 1.165) is 0 Å². The highest BCUT2D eigenvalue weighted by Crippen LogP contribution is 2.28. The van der Waals surface area contributed by atoms with Gasteiger partial charge in [-0.25, -0.2) is 0 Å². The zero-order valence-corrected chi connectivity index (χ0v) is 10.2. The summed E-state index contributed by atoms with van der Waals surface area (Å²) in [6.45, 7) is -0.368. The fraction of sp³-hybridized carbons (Fsp3) is 0.364. The quantitative estimate of drug-likeness (QED) is 0.625. The molecule has 0 spiro atoms. The molecule has 0 heterocycles. The number of ether oxygens (including phenoxy) is 2. The Labute approximate surface area is 105 Å². The van der Waals surface area contributed by atoms with E-state index < -0.39 is 6.10 Å². The van der Waals surface area contributed by atoms with E-state index in [1.165, 1.54) is 7.11 Å². The molecular formula is C11H15NO4S. The first kappa shape index (κ1) is 13.7. The molecule has 94 valence electrons. The average Bonchev–Trinajstić information content (AvgIpc) is 2.35. The summed E-state index contributed by atoms with van der Waals surface area (Å²) in [5.41, 5.74) is 6.17. The third-order valence-corrected chi connectivity index (χ3v) is 2.33. The van der Waals surface area contributed by atoms with Crippen molar-refractivity contribution in [2.24, 2.45) is 5.73 Å². The Morgan fingerprint density at radius 3 is 2.71 bits per heavy atom. The molecule has 5 nitrogen and oxygen atoms in total. The van der Waals surface area contributed by atoms with Crippen molar-refractivity contribution in [3.8, 4) is 11.5 Å². The largest absolute Gasteiger partial charge is 0.493 e. The zero-order valence-electron chi connectivity index (χ0n) is 9.42. The van der Waals surface area contributed by atoms with Gasteiger partial charge >= 0.3 is 0 Å². The minimum absolute atomic E-state index is 0.0146. The van der Waals surface area contributed by atoms with Crippen LogP contribution in [0.15, 0.2) is 18.2 Å². The van der Waals surface area contributed by atoms with Crippen molar-refractivity contribution in [3.63, 3.8) is 0 Å². The molecule has 0 amide bonds. The third-order valence-electron chi connectivity index (χ3n) is 2.09. The lowest BCUT2D eigenvalue weighted by Crippen LogP contribution is -2.21. The summed E-state index contributed by atoms with van der Waals surface area (Å²) < 4.78 is 10.4. The molecule has 1 rings (SSSR count). The van der Waals surface area contributed by atoms with E-state index in [1.807, 2.05) is 0 Å². The van der Waals surface area contributed by atoms with E-state index in [2.05, 4.69) is 0 Å². The maximum absolute atomic E-state index is 9.17. The van der Waals surface area contributed by atoms with Crippen LogP contribution in [0, 0.1) is 0 Å². The Kier molecular flexibility index (Phi) is 5.14. The number of thiocarbonyl (C=S) groups is 1. The molecule has 1 aromatic rings. The van der Waals surface area contributed by atoms with Crippen molar-refractivity contribution in [1.29, 1.82) is 0 Å². The molecule has 1 atom stereocenters. The number of nitrogens with two attached hydrogens (primary N) is 1. The van der Waals surface area contributed by atoms with E-state index in [-0.39, 0.29) is 18.2 Å². The highest BCUT2D eigenvalue weighted by atomic mass is 32.1. The number of aliphatic hydroxyl groups excluding tert-OH is 2. The fourth-order valence-corrected chi connectivity index (χ4v) is 1.31. The molecule has 0 aromatic heterocycles. The molecule has 0 fully saturated rings. The van der Waals surface area contributed by atoms with Crippen LogP contribution in [-0.2, 0) is 0 Å². The highest BCUT2D eigenvalue weighted by Gasteiger charge is 2.09. The molecule has 0 saturated heterocycles. The van der Waals surface area contributed by atoms with Crippen LogP contribution < -0.4 is 15.2 Å². The summed E-state index contributed by atoms with van der Waals surface area (Å²) in [5.74, 6) is 0.931. The maximum atomic E-state index is 9.17. The molecule has 0 saturated carbocycles. The van der Waals surface area contributed by atoms with E-state index in [9.17, 15) is 0 Å². The van der Waals surface area contributed by atoms with Gasteiger partial charge in [0.15, 0.2) is 11.5 Å². The molecule has 1 aromatic carbocycles. The van der Waals surface area contributed by atoms with Gasteiger partial charge < -0.3 is 25.4 Å². The normalized spacial score (nSPS) is 11.9. The van der Waals surface area contributed by atoms with Gasteiger partial charge in [-0.1, -0.05) is 12.2 Å². The third kappa shape index (κ3) is 3.85. The van der Waals surface area contributed by atoms with E-state index >= 15 is 0 Å². The van der Waals surface area contributed by atoms with E-state index in [0.29, 0.717) is 17.1 Å². The maximum Gasteiger partial charge on any atom is 0.161 e. The number of benzene rings is 1. The SMILES string of the molecule is COc1cc(C(N)=S)ccc1OCC(O)CO. The van der Waals surface area contributed by atoms with Gasteiger partial charge in [0.1, 0.15) is 17.7 Å². The molecule has 6 heteroatoms. The monoisotopic (exact) mass is 257 g/mol. The molecule has 0 aliphatic heterocycles. The van der Waals surface area contributed by atoms with Crippen LogP contribution in [0.1, 0.15) is 5.56 Å². The van der Waals surface area contributed by atoms with Crippen molar-refractivity contribution in [3.05, 3.63) is 23.8 Å². The Morgan fingerprint density at radius 1 is 1.47 bits per heavy atom. The highest BCUT2D eigenvalue weighted by molar-refractivity contribution is 7.80. The summed E-state index contributed by atoms with van der Waals surface area (Å²) in [4.78, 5) is 0.269. The predicted molar refractivity (Wildman–Crippen MR) is 67.5 cm³/mol. The first-order chi connectivity index (χ1) is 8.08. The first-order valence-electron chi connectivity index (χ1n) is 4.98. The number of hydrogen-bond donors (Lipinski definition) is 3. The van der Waals surface area contributed by atoms with Gasteiger partial charge in [0.25, 0.3) is 0 Å². The summed E-state index contributed by atoms with van der Waals surface area (Å²) in [7, 11) is 1.49. The van der Waals surface area contributed by atoms with Crippen LogP contribution in [0.25, 0.3) is 0 Å². The summed E-state index contributed by atoms with van der Waals surface area (Å²) >= 11 is 4.85.